The largest absolute Gasteiger partial charge is 0.378 e. The minimum atomic E-state index is -0.272. The summed E-state index contributed by atoms with van der Waals surface area (Å²) in [6, 6.07) is 5.72. The van der Waals surface area contributed by atoms with E-state index in [1.54, 1.807) is 4.90 Å². The second-order valence-corrected chi connectivity index (χ2v) is 9.28. The van der Waals surface area contributed by atoms with Crippen molar-refractivity contribution < 1.29 is 14.3 Å². The van der Waals surface area contributed by atoms with Crippen molar-refractivity contribution >= 4 is 17.5 Å². The molecule has 1 unspecified atom stereocenters. The van der Waals surface area contributed by atoms with Crippen LogP contribution >= 0.6 is 0 Å². The molecule has 4 rings (SSSR count). The van der Waals surface area contributed by atoms with Crippen LogP contribution in [0.25, 0.3) is 0 Å². The Morgan fingerprint density at radius 2 is 1.94 bits per heavy atom. The van der Waals surface area contributed by atoms with E-state index in [-0.39, 0.29) is 35.9 Å². The average molecular weight is 467 g/mol. The first-order valence-corrected chi connectivity index (χ1v) is 12.0. The van der Waals surface area contributed by atoms with Crippen LogP contribution in [0.1, 0.15) is 64.1 Å². The van der Waals surface area contributed by atoms with Gasteiger partial charge in [0.25, 0.3) is 11.5 Å². The topological polar surface area (TPSA) is 104 Å². The number of aromatic amines is 1. The van der Waals surface area contributed by atoms with Gasteiger partial charge in [-0.15, -0.1) is 0 Å². The molecule has 1 atom stereocenters. The lowest BCUT2D eigenvalue weighted by molar-refractivity contribution is -0.119. The predicted octanol–water partition coefficient (Wildman–Crippen LogP) is 2.65. The molecule has 2 aliphatic rings. The number of rotatable bonds is 7. The van der Waals surface area contributed by atoms with E-state index < -0.39 is 0 Å². The number of H-pyrrole nitrogens is 1. The number of benzene rings is 1. The maximum Gasteiger partial charge on any atom is 0.253 e. The Kier molecular flexibility index (Phi) is 7.19. The average Bonchev–Trinajstić information content (AvgIpc) is 3.66. The molecule has 1 aliphatic heterocycles. The van der Waals surface area contributed by atoms with Crippen LogP contribution in [0.2, 0.25) is 0 Å². The number of hydrogen-bond acceptors (Lipinski definition) is 5. The quantitative estimate of drug-likeness (QED) is 0.582. The summed E-state index contributed by atoms with van der Waals surface area (Å²) in [7, 11) is 0. The van der Waals surface area contributed by atoms with Crippen LogP contribution in [-0.4, -0.2) is 43.1 Å². The van der Waals surface area contributed by atoms with Gasteiger partial charge in [0.05, 0.1) is 19.3 Å². The fourth-order valence-electron chi connectivity index (χ4n) is 4.58. The van der Waals surface area contributed by atoms with Gasteiger partial charge in [0.15, 0.2) is 0 Å². The van der Waals surface area contributed by atoms with Crippen molar-refractivity contribution in [3.8, 4) is 0 Å². The molecular formula is C26H34N4O4. The molecule has 8 heteroatoms. The third-order valence-electron chi connectivity index (χ3n) is 6.69. The Morgan fingerprint density at radius 1 is 1.18 bits per heavy atom. The van der Waals surface area contributed by atoms with Crippen molar-refractivity contribution in [1.82, 2.24) is 15.6 Å². The predicted molar refractivity (Wildman–Crippen MR) is 131 cm³/mol. The minimum absolute atomic E-state index is 0.0587. The van der Waals surface area contributed by atoms with Gasteiger partial charge in [0, 0.05) is 48.1 Å². The summed E-state index contributed by atoms with van der Waals surface area (Å²) in [5.74, 6) is -0.0805. The first-order valence-electron chi connectivity index (χ1n) is 12.0. The van der Waals surface area contributed by atoms with Crippen LogP contribution in [0.3, 0.4) is 0 Å². The number of carbonyl (C=O) groups is 2. The van der Waals surface area contributed by atoms with E-state index in [9.17, 15) is 14.4 Å². The number of nitrogens with zero attached hydrogens (tertiary/aromatic N) is 1. The standard InChI is InChI=1S/C26H34N4O4/c1-5-30(26(33)18-6-7-18)23-12-19(22-14-34-9-8-27-22)11-20(17(23)4)24(31)28-13-21-15(2)10-16(3)29-25(21)32/h10-12,18,22,27H,5-9,13-14H2,1-4H3,(H,28,31)(H,29,32). The van der Waals surface area contributed by atoms with E-state index in [1.165, 1.54) is 0 Å². The van der Waals surface area contributed by atoms with Crippen LogP contribution in [-0.2, 0) is 16.1 Å². The monoisotopic (exact) mass is 466 g/mol. The smallest absolute Gasteiger partial charge is 0.253 e. The molecule has 0 bridgehead atoms. The lowest BCUT2D eigenvalue weighted by atomic mass is 9.96. The number of aromatic nitrogens is 1. The molecule has 1 aliphatic carbocycles. The molecule has 0 radical (unpaired) electrons. The molecule has 2 amide bonds. The fourth-order valence-corrected chi connectivity index (χ4v) is 4.58. The number of ether oxygens (including phenoxy) is 1. The van der Waals surface area contributed by atoms with Gasteiger partial charge in [-0.1, -0.05) is 0 Å². The van der Waals surface area contributed by atoms with Gasteiger partial charge in [-0.2, -0.15) is 0 Å². The van der Waals surface area contributed by atoms with Gasteiger partial charge >= 0.3 is 0 Å². The first-order chi connectivity index (χ1) is 16.3. The minimum Gasteiger partial charge on any atom is -0.378 e. The Balaban J connectivity index is 1.68. The maximum absolute atomic E-state index is 13.4. The Bertz CT molecular complexity index is 1150. The molecule has 34 heavy (non-hydrogen) atoms. The summed E-state index contributed by atoms with van der Waals surface area (Å²) in [5.41, 5.74) is 4.90. The summed E-state index contributed by atoms with van der Waals surface area (Å²) < 4.78 is 5.65. The van der Waals surface area contributed by atoms with E-state index in [2.05, 4.69) is 15.6 Å². The first kappa shape index (κ1) is 24.2. The SMILES string of the molecule is CCN(C(=O)C1CC1)c1cc(C2COCCN2)cc(C(=O)NCc2c(C)cc(C)[nH]c2=O)c1C. The molecule has 2 aromatic rings. The zero-order valence-electron chi connectivity index (χ0n) is 20.4. The normalized spacial score (nSPS) is 17.9. The molecule has 1 saturated heterocycles. The summed E-state index contributed by atoms with van der Waals surface area (Å²) in [6.45, 7) is 10.1. The Labute approximate surface area is 200 Å². The number of anilines is 1. The lowest BCUT2D eigenvalue weighted by Crippen LogP contribution is -2.36. The number of aryl methyl sites for hydroxylation is 2. The molecular weight excluding hydrogens is 432 g/mol. The van der Waals surface area contributed by atoms with E-state index >= 15 is 0 Å². The van der Waals surface area contributed by atoms with Gasteiger partial charge in [-0.3, -0.25) is 14.4 Å². The number of carbonyl (C=O) groups excluding carboxylic acids is 2. The van der Waals surface area contributed by atoms with E-state index in [1.807, 2.05) is 45.9 Å². The number of hydrogen-bond donors (Lipinski definition) is 3. The molecule has 3 N–H and O–H groups in total. The number of nitrogens with one attached hydrogen (secondary N) is 3. The molecule has 1 aromatic heterocycles. The van der Waals surface area contributed by atoms with Crippen LogP contribution in [0.15, 0.2) is 23.0 Å². The summed E-state index contributed by atoms with van der Waals surface area (Å²) in [5, 5.41) is 6.36. The number of morpholine rings is 1. The van der Waals surface area contributed by atoms with E-state index in [4.69, 9.17) is 4.74 Å². The van der Waals surface area contributed by atoms with Crippen molar-refractivity contribution in [2.45, 2.75) is 53.1 Å². The van der Waals surface area contributed by atoms with Gasteiger partial charge in [-0.25, -0.2) is 0 Å². The highest BCUT2D eigenvalue weighted by Gasteiger charge is 2.34. The molecule has 182 valence electrons. The van der Waals surface area contributed by atoms with Gasteiger partial charge in [-0.05, 0) is 75.4 Å². The molecule has 0 spiro atoms. The Morgan fingerprint density at radius 3 is 2.56 bits per heavy atom. The maximum atomic E-state index is 13.4. The van der Waals surface area contributed by atoms with Crippen molar-refractivity contribution in [2.75, 3.05) is 31.2 Å². The number of amides is 2. The second-order valence-electron chi connectivity index (χ2n) is 9.28. The van der Waals surface area contributed by atoms with Crippen molar-refractivity contribution in [2.24, 2.45) is 5.92 Å². The Hall–Kier alpha value is -2.97. The highest BCUT2D eigenvalue weighted by atomic mass is 16.5. The summed E-state index contributed by atoms with van der Waals surface area (Å²) in [6.07, 6.45) is 1.84. The third kappa shape index (κ3) is 5.08. The van der Waals surface area contributed by atoms with Gasteiger partial charge in [0.2, 0.25) is 5.91 Å². The molecule has 1 aromatic carbocycles. The second kappa shape index (κ2) is 10.1. The zero-order valence-corrected chi connectivity index (χ0v) is 20.4. The van der Waals surface area contributed by atoms with Crippen LogP contribution in [0.4, 0.5) is 5.69 Å². The van der Waals surface area contributed by atoms with Crippen molar-refractivity contribution in [1.29, 1.82) is 0 Å². The van der Waals surface area contributed by atoms with Crippen molar-refractivity contribution in [3.05, 3.63) is 62.1 Å². The van der Waals surface area contributed by atoms with Gasteiger partial charge < -0.3 is 25.3 Å². The molecule has 8 nitrogen and oxygen atoms in total. The summed E-state index contributed by atoms with van der Waals surface area (Å²) in [4.78, 5) is 43.4. The van der Waals surface area contributed by atoms with Crippen molar-refractivity contribution in [3.63, 3.8) is 0 Å². The van der Waals surface area contributed by atoms with Gasteiger partial charge in [0.1, 0.15) is 0 Å². The zero-order chi connectivity index (χ0) is 24.4. The highest BCUT2D eigenvalue weighted by Crippen LogP contribution is 2.35. The molecule has 1 saturated carbocycles. The van der Waals surface area contributed by atoms with Crippen LogP contribution in [0.5, 0.6) is 0 Å². The van der Waals surface area contributed by atoms with E-state index in [0.717, 1.165) is 47.5 Å². The molecule has 2 fully saturated rings. The van der Waals surface area contributed by atoms with Crippen LogP contribution < -0.4 is 21.1 Å². The van der Waals surface area contributed by atoms with Crippen LogP contribution in [0, 0.1) is 26.7 Å². The fraction of sp³-hybridized carbons (Fsp3) is 0.500. The molecule has 2 heterocycles. The van der Waals surface area contributed by atoms with E-state index in [0.29, 0.717) is 30.9 Å². The lowest BCUT2D eigenvalue weighted by Gasteiger charge is -2.29. The third-order valence-corrected chi connectivity index (χ3v) is 6.69. The summed E-state index contributed by atoms with van der Waals surface area (Å²) >= 11 is 0. The number of pyridine rings is 1. The highest BCUT2D eigenvalue weighted by molar-refractivity contribution is 6.01.